The Kier molecular flexibility index (Phi) is 4.63. The number of rotatable bonds is 4. The van der Waals surface area contributed by atoms with Gasteiger partial charge in [-0.25, -0.2) is 4.39 Å². The lowest BCUT2D eigenvalue weighted by molar-refractivity contribution is 0.102. The van der Waals surface area contributed by atoms with Crippen molar-refractivity contribution in [1.82, 2.24) is 9.78 Å². The molecule has 1 N–H and O–H groups in total. The minimum atomic E-state index is -0.326. The number of aromatic nitrogens is 2. The maximum atomic E-state index is 13.1. The number of hydrogen-bond acceptors (Lipinski definition) is 2. The molecule has 6 heteroatoms. The Balaban J connectivity index is 2.28. The molecule has 0 saturated carbocycles. The van der Waals surface area contributed by atoms with E-state index in [0.29, 0.717) is 34.9 Å². The van der Waals surface area contributed by atoms with Crippen molar-refractivity contribution in [3.8, 4) is 0 Å². The van der Waals surface area contributed by atoms with Crippen LogP contribution in [-0.2, 0) is 6.54 Å². The Morgan fingerprint density at radius 1 is 1.38 bits per heavy atom. The number of carbonyl (C=O) groups excluding carboxylic acids is 1. The van der Waals surface area contributed by atoms with E-state index in [1.165, 1.54) is 12.1 Å². The van der Waals surface area contributed by atoms with Crippen molar-refractivity contribution in [2.75, 3.05) is 11.2 Å². The minimum Gasteiger partial charge on any atom is -0.322 e. The Labute approximate surface area is 127 Å². The highest BCUT2D eigenvalue weighted by molar-refractivity contribution is 6.17. The number of aryl methyl sites for hydroxylation is 3. The molecule has 0 aliphatic rings. The fourth-order valence-corrected chi connectivity index (χ4v) is 2.44. The highest BCUT2D eigenvalue weighted by Crippen LogP contribution is 2.19. The van der Waals surface area contributed by atoms with Gasteiger partial charge in [0, 0.05) is 17.3 Å². The standard InChI is InChI=1S/C15H17ClFN3O/c1-9-8-12(17)4-5-13(9)18-15(21)14-10(2)19-20(7-6-16)11(14)3/h4-5,8H,6-7H2,1-3H3,(H,18,21). The molecule has 0 bridgehead atoms. The first-order valence-electron chi connectivity index (χ1n) is 6.61. The largest absolute Gasteiger partial charge is 0.322 e. The van der Waals surface area contributed by atoms with Crippen LogP contribution in [-0.4, -0.2) is 21.6 Å². The lowest BCUT2D eigenvalue weighted by Crippen LogP contribution is -2.15. The van der Waals surface area contributed by atoms with Crippen molar-refractivity contribution in [3.05, 3.63) is 46.5 Å². The normalized spacial score (nSPS) is 10.7. The van der Waals surface area contributed by atoms with Crippen LogP contribution in [0.4, 0.5) is 10.1 Å². The predicted octanol–water partition coefficient (Wildman–Crippen LogP) is 3.44. The SMILES string of the molecule is Cc1cc(F)ccc1NC(=O)c1c(C)nn(CCCl)c1C. The molecule has 0 spiro atoms. The van der Waals surface area contributed by atoms with Crippen LogP contribution < -0.4 is 5.32 Å². The zero-order chi connectivity index (χ0) is 15.6. The van der Waals surface area contributed by atoms with E-state index in [-0.39, 0.29) is 11.7 Å². The molecule has 21 heavy (non-hydrogen) atoms. The fourth-order valence-electron chi connectivity index (χ4n) is 2.28. The summed E-state index contributed by atoms with van der Waals surface area (Å²) in [5.74, 6) is -0.145. The van der Waals surface area contributed by atoms with Crippen LogP contribution in [0.1, 0.15) is 27.3 Å². The molecule has 0 saturated heterocycles. The van der Waals surface area contributed by atoms with E-state index in [1.54, 1.807) is 24.6 Å². The molecule has 4 nitrogen and oxygen atoms in total. The molecule has 0 radical (unpaired) electrons. The van der Waals surface area contributed by atoms with Gasteiger partial charge in [-0.2, -0.15) is 5.10 Å². The number of alkyl halides is 1. The molecule has 2 aromatic rings. The van der Waals surface area contributed by atoms with E-state index in [9.17, 15) is 9.18 Å². The van der Waals surface area contributed by atoms with E-state index in [2.05, 4.69) is 10.4 Å². The second-order valence-corrected chi connectivity index (χ2v) is 5.25. The lowest BCUT2D eigenvalue weighted by atomic mass is 10.1. The van der Waals surface area contributed by atoms with E-state index in [1.807, 2.05) is 6.92 Å². The van der Waals surface area contributed by atoms with Gasteiger partial charge in [0.25, 0.3) is 5.91 Å². The molecule has 1 aromatic carbocycles. The summed E-state index contributed by atoms with van der Waals surface area (Å²) in [6.07, 6.45) is 0. The van der Waals surface area contributed by atoms with Crippen molar-refractivity contribution in [3.63, 3.8) is 0 Å². The summed E-state index contributed by atoms with van der Waals surface area (Å²) < 4.78 is 14.8. The minimum absolute atomic E-state index is 0.250. The summed E-state index contributed by atoms with van der Waals surface area (Å²) in [5, 5.41) is 7.11. The molecule has 1 amide bonds. The van der Waals surface area contributed by atoms with Crippen LogP contribution in [0.5, 0.6) is 0 Å². The summed E-state index contributed by atoms with van der Waals surface area (Å²) in [6.45, 7) is 5.91. The van der Waals surface area contributed by atoms with Crippen molar-refractivity contribution in [1.29, 1.82) is 0 Å². The van der Waals surface area contributed by atoms with Crippen LogP contribution in [0, 0.1) is 26.6 Å². The van der Waals surface area contributed by atoms with Crippen molar-refractivity contribution in [2.45, 2.75) is 27.3 Å². The maximum absolute atomic E-state index is 13.1. The molecule has 1 aromatic heterocycles. The number of carbonyl (C=O) groups is 1. The highest BCUT2D eigenvalue weighted by atomic mass is 35.5. The van der Waals surface area contributed by atoms with E-state index in [0.717, 1.165) is 5.69 Å². The molecule has 0 aliphatic heterocycles. The molecular formula is C15H17ClFN3O. The number of anilines is 1. The number of nitrogens with one attached hydrogen (secondary N) is 1. The highest BCUT2D eigenvalue weighted by Gasteiger charge is 2.19. The Morgan fingerprint density at radius 2 is 2.10 bits per heavy atom. The van der Waals surface area contributed by atoms with Gasteiger partial charge in [-0.1, -0.05) is 0 Å². The molecule has 0 unspecified atom stereocenters. The van der Waals surface area contributed by atoms with Gasteiger partial charge < -0.3 is 5.32 Å². The topological polar surface area (TPSA) is 46.9 Å². The number of nitrogens with zero attached hydrogens (tertiary/aromatic N) is 2. The zero-order valence-electron chi connectivity index (χ0n) is 12.2. The average Bonchev–Trinajstić information content (AvgIpc) is 2.68. The number of amides is 1. The van der Waals surface area contributed by atoms with Gasteiger partial charge in [-0.05, 0) is 44.5 Å². The first-order chi connectivity index (χ1) is 9.93. The second kappa shape index (κ2) is 6.26. The van der Waals surface area contributed by atoms with Crippen LogP contribution in [0.15, 0.2) is 18.2 Å². The molecule has 0 atom stereocenters. The van der Waals surface area contributed by atoms with E-state index in [4.69, 9.17) is 11.6 Å². The third-order valence-electron chi connectivity index (χ3n) is 3.34. The van der Waals surface area contributed by atoms with Gasteiger partial charge in [0.2, 0.25) is 0 Å². The van der Waals surface area contributed by atoms with Crippen LogP contribution >= 0.6 is 11.6 Å². The molecular weight excluding hydrogens is 293 g/mol. The van der Waals surface area contributed by atoms with Gasteiger partial charge in [-0.15, -0.1) is 11.6 Å². The molecule has 112 valence electrons. The van der Waals surface area contributed by atoms with Crippen LogP contribution in [0.3, 0.4) is 0 Å². The second-order valence-electron chi connectivity index (χ2n) is 4.87. The first-order valence-corrected chi connectivity index (χ1v) is 7.15. The zero-order valence-corrected chi connectivity index (χ0v) is 13.0. The number of hydrogen-bond donors (Lipinski definition) is 1. The van der Waals surface area contributed by atoms with Gasteiger partial charge in [0.1, 0.15) is 5.82 Å². The fraction of sp³-hybridized carbons (Fsp3) is 0.333. The van der Waals surface area contributed by atoms with Gasteiger partial charge >= 0.3 is 0 Å². The first kappa shape index (κ1) is 15.5. The summed E-state index contributed by atoms with van der Waals surface area (Å²) in [4.78, 5) is 12.4. The molecule has 0 aliphatic carbocycles. The number of benzene rings is 1. The third-order valence-corrected chi connectivity index (χ3v) is 3.51. The smallest absolute Gasteiger partial charge is 0.259 e. The van der Waals surface area contributed by atoms with Crippen molar-refractivity contribution < 1.29 is 9.18 Å². The Hall–Kier alpha value is -1.88. The molecule has 1 heterocycles. The van der Waals surface area contributed by atoms with E-state index < -0.39 is 0 Å². The predicted molar refractivity (Wildman–Crippen MR) is 81.5 cm³/mol. The number of halogens is 2. The summed E-state index contributed by atoms with van der Waals surface area (Å²) in [6, 6.07) is 4.25. The van der Waals surface area contributed by atoms with E-state index >= 15 is 0 Å². The van der Waals surface area contributed by atoms with Crippen LogP contribution in [0.2, 0.25) is 0 Å². The lowest BCUT2D eigenvalue weighted by Gasteiger charge is -2.09. The molecule has 0 fully saturated rings. The monoisotopic (exact) mass is 309 g/mol. The van der Waals surface area contributed by atoms with Gasteiger partial charge in [0.05, 0.1) is 17.8 Å². The van der Waals surface area contributed by atoms with Crippen molar-refractivity contribution in [2.24, 2.45) is 0 Å². The quantitative estimate of drug-likeness (QED) is 0.879. The van der Waals surface area contributed by atoms with Crippen molar-refractivity contribution >= 4 is 23.2 Å². The molecule has 2 rings (SSSR count). The summed E-state index contributed by atoms with van der Waals surface area (Å²) >= 11 is 5.72. The Bertz CT molecular complexity index is 682. The maximum Gasteiger partial charge on any atom is 0.259 e. The van der Waals surface area contributed by atoms with Crippen LogP contribution in [0.25, 0.3) is 0 Å². The average molecular weight is 310 g/mol. The third kappa shape index (κ3) is 3.24. The van der Waals surface area contributed by atoms with Gasteiger partial charge in [-0.3, -0.25) is 9.48 Å². The summed E-state index contributed by atoms with van der Waals surface area (Å²) in [7, 11) is 0. The van der Waals surface area contributed by atoms with Gasteiger partial charge in [0.15, 0.2) is 0 Å². The Morgan fingerprint density at radius 3 is 2.71 bits per heavy atom. The summed E-state index contributed by atoms with van der Waals surface area (Å²) in [5.41, 5.74) is 3.21.